The Labute approximate surface area is 207 Å². The lowest BCUT2D eigenvalue weighted by atomic mass is 10.0. The summed E-state index contributed by atoms with van der Waals surface area (Å²) < 4.78 is 33.0. The number of likely N-dealkylation sites (N-methyl/N-ethyl adjacent to an activating group) is 1. The molecule has 1 aliphatic rings. The number of anilines is 1. The van der Waals surface area contributed by atoms with Gasteiger partial charge in [-0.1, -0.05) is 38.1 Å². The first-order valence-electron chi connectivity index (χ1n) is 11.9. The maximum Gasteiger partial charge on any atom is 0.243 e. The molecule has 0 unspecified atom stereocenters. The number of nitrogens with zero attached hydrogens (tertiary/aromatic N) is 3. The molecule has 8 nitrogen and oxygen atoms in total. The fraction of sp³-hybridized carbons (Fsp3) is 0.385. The number of aromatic nitrogens is 1. The number of hydrogen-bond donors (Lipinski definition) is 1. The number of rotatable bonds is 8. The standard InChI is InChI=1S/C26H32N4O4S/c1-19(2)20-4-6-21(7-5-20)24-18-27-26(34-24)13-12-25(31)28-22-8-10-23(11-9-22)35(32,33)30-16-14-29(3)15-17-30/h4-11,18-19H,12-17H2,1-3H3,(H,28,31). The maximum atomic E-state index is 12.8. The summed E-state index contributed by atoms with van der Waals surface area (Å²) in [4.78, 5) is 19.0. The summed E-state index contributed by atoms with van der Waals surface area (Å²) in [5, 5.41) is 2.81. The largest absolute Gasteiger partial charge is 0.441 e. The topological polar surface area (TPSA) is 95.7 Å². The molecule has 0 atom stereocenters. The average Bonchev–Trinajstić information content (AvgIpc) is 3.33. The molecular formula is C26H32N4O4S. The molecule has 0 radical (unpaired) electrons. The van der Waals surface area contributed by atoms with E-state index in [2.05, 4.69) is 41.2 Å². The van der Waals surface area contributed by atoms with E-state index in [0.29, 0.717) is 55.9 Å². The highest BCUT2D eigenvalue weighted by atomic mass is 32.2. The molecule has 1 aromatic heterocycles. The van der Waals surface area contributed by atoms with E-state index in [-0.39, 0.29) is 17.2 Å². The SMILES string of the molecule is CC(C)c1ccc(-c2cnc(CCC(=O)Nc3ccc(S(=O)(=O)N4CCN(C)CC4)cc3)o2)cc1. The van der Waals surface area contributed by atoms with Crippen molar-refractivity contribution < 1.29 is 17.6 Å². The quantitative estimate of drug-likeness (QED) is 0.507. The van der Waals surface area contributed by atoms with Crippen LogP contribution < -0.4 is 5.32 Å². The van der Waals surface area contributed by atoms with Crippen LogP contribution in [0.5, 0.6) is 0 Å². The van der Waals surface area contributed by atoms with Gasteiger partial charge in [0.1, 0.15) is 0 Å². The van der Waals surface area contributed by atoms with Crippen molar-refractivity contribution in [1.29, 1.82) is 0 Å². The zero-order chi connectivity index (χ0) is 25.0. The van der Waals surface area contributed by atoms with Crippen molar-refractivity contribution in [3.8, 4) is 11.3 Å². The van der Waals surface area contributed by atoms with Gasteiger partial charge >= 0.3 is 0 Å². The molecule has 1 amide bonds. The molecule has 0 bridgehead atoms. The average molecular weight is 497 g/mol. The first-order chi connectivity index (χ1) is 16.7. The zero-order valence-corrected chi connectivity index (χ0v) is 21.2. The van der Waals surface area contributed by atoms with Crippen LogP contribution in [0, 0.1) is 0 Å². The van der Waals surface area contributed by atoms with Gasteiger partial charge in [-0.2, -0.15) is 4.31 Å². The van der Waals surface area contributed by atoms with Crippen LogP contribution >= 0.6 is 0 Å². The smallest absolute Gasteiger partial charge is 0.243 e. The predicted molar refractivity (Wildman–Crippen MR) is 136 cm³/mol. The lowest BCUT2D eigenvalue weighted by Crippen LogP contribution is -2.46. The number of aryl methyl sites for hydroxylation is 1. The molecule has 3 aromatic rings. The summed E-state index contributed by atoms with van der Waals surface area (Å²) in [6.45, 7) is 6.68. The number of sulfonamides is 1. The van der Waals surface area contributed by atoms with Crippen LogP contribution in [0.3, 0.4) is 0 Å². The number of piperazine rings is 1. The van der Waals surface area contributed by atoms with Crippen LogP contribution in [-0.4, -0.2) is 61.7 Å². The Bertz CT molecular complexity index is 1240. The van der Waals surface area contributed by atoms with Crippen LogP contribution in [0.25, 0.3) is 11.3 Å². The molecule has 1 N–H and O–H groups in total. The first kappa shape index (κ1) is 25.1. The van der Waals surface area contributed by atoms with E-state index in [0.717, 1.165) is 5.56 Å². The van der Waals surface area contributed by atoms with Crippen molar-refractivity contribution >= 4 is 21.6 Å². The molecule has 0 aliphatic carbocycles. The summed E-state index contributed by atoms with van der Waals surface area (Å²) in [6.07, 6.45) is 2.25. The zero-order valence-electron chi connectivity index (χ0n) is 20.4. The number of carbonyl (C=O) groups excluding carboxylic acids is 1. The molecule has 2 heterocycles. The number of hydrogen-bond acceptors (Lipinski definition) is 6. The number of benzene rings is 2. The van der Waals surface area contributed by atoms with Gasteiger partial charge in [0.2, 0.25) is 15.9 Å². The Morgan fingerprint density at radius 2 is 1.69 bits per heavy atom. The van der Waals surface area contributed by atoms with Gasteiger partial charge in [-0.3, -0.25) is 4.79 Å². The van der Waals surface area contributed by atoms with Crippen molar-refractivity contribution in [2.75, 3.05) is 38.5 Å². The molecular weight excluding hydrogens is 464 g/mol. The number of nitrogens with one attached hydrogen (secondary N) is 1. The van der Waals surface area contributed by atoms with E-state index >= 15 is 0 Å². The highest BCUT2D eigenvalue weighted by molar-refractivity contribution is 7.89. The Kier molecular flexibility index (Phi) is 7.69. The summed E-state index contributed by atoms with van der Waals surface area (Å²) >= 11 is 0. The van der Waals surface area contributed by atoms with E-state index in [1.54, 1.807) is 18.3 Å². The fourth-order valence-electron chi connectivity index (χ4n) is 3.92. The van der Waals surface area contributed by atoms with Crippen molar-refractivity contribution in [3.63, 3.8) is 0 Å². The van der Waals surface area contributed by atoms with Gasteiger partial charge in [-0.05, 0) is 42.8 Å². The lowest BCUT2D eigenvalue weighted by Gasteiger charge is -2.31. The molecule has 4 rings (SSSR count). The molecule has 1 saturated heterocycles. The van der Waals surface area contributed by atoms with E-state index < -0.39 is 10.0 Å². The molecule has 1 fully saturated rings. The highest BCUT2D eigenvalue weighted by Crippen LogP contribution is 2.24. The van der Waals surface area contributed by atoms with E-state index in [1.165, 1.54) is 22.0 Å². The molecule has 0 spiro atoms. The predicted octanol–water partition coefficient (Wildman–Crippen LogP) is 3.97. The van der Waals surface area contributed by atoms with Crippen LogP contribution in [0.4, 0.5) is 5.69 Å². The first-order valence-corrected chi connectivity index (χ1v) is 13.3. The second kappa shape index (κ2) is 10.7. The van der Waals surface area contributed by atoms with Gasteiger partial charge in [-0.25, -0.2) is 13.4 Å². The Hall–Kier alpha value is -3.01. The van der Waals surface area contributed by atoms with Gasteiger partial charge in [0.15, 0.2) is 11.7 Å². The van der Waals surface area contributed by atoms with E-state index in [1.807, 2.05) is 19.2 Å². The van der Waals surface area contributed by atoms with Crippen LogP contribution in [0.15, 0.2) is 64.0 Å². The normalized spacial score (nSPS) is 15.4. The van der Waals surface area contributed by atoms with Crippen LogP contribution in [-0.2, 0) is 21.2 Å². The van der Waals surface area contributed by atoms with E-state index in [9.17, 15) is 13.2 Å². The number of oxazole rings is 1. The van der Waals surface area contributed by atoms with Crippen molar-refractivity contribution in [3.05, 3.63) is 66.2 Å². The summed E-state index contributed by atoms with van der Waals surface area (Å²) in [5.41, 5.74) is 2.75. The minimum absolute atomic E-state index is 0.194. The number of amides is 1. The van der Waals surface area contributed by atoms with Crippen molar-refractivity contribution in [2.45, 2.75) is 37.5 Å². The molecule has 9 heteroatoms. The van der Waals surface area contributed by atoms with Gasteiger partial charge in [-0.15, -0.1) is 0 Å². The molecule has 2 aromatic carbocycles. The van der Waals surface area contributed by atoms with Crippen LogP contribution in [0.1, 0.15) is 37.6 Å². The molecule has 186 valence electrons. The Morgan fingerprint density at radius 3 is 2.31 bits per heavy atom. The monoisotopic (exact) mass is 496 g/mol. The van der Waals surface area contributed by atoms with Gasteiger partial charge < -0.3 is 14.6 Å². The van der Waals surface area contributed by atoms with Gasteiger partial charge in [0, 0.05) is 50.3 Å². The third-order valence-electron chi connectivity index (χ3n) is 6.22. The van der Waals surface area contributed by atoms with Crippen molar-refractivity contribution in [1.82, 2.24) is 14.2 Å². The minimum atomic E-state index is -3.53. The molecule has 35 heavy (non-hydrogen) atoms. The second-order valence-electron chi connectivity index (χ2n) is 9.17. The minimum Gasteiger partial charge on any atom is -0.441 e. The fourth-order valence-corrected chi connectivity index (χ4v) is 5.35. The summed E-state index contributed by atoms with van der Waals surface area (Å²) in [6, 6.07) is 14.5. The summed E-state index contributed by atoms with van der Waals surface area (Å²) in [5.74, 6) is 1.44. The third-order valence-corrected chi connectivity index (χ3v) is 8.13. The van der Waals surface area contributed by atoms with Crippen molar-refractivity contribution in [2.24, 2.45) is 0 Å². The number of carbonyl (C=O) groups is 1. The Morgan fingerprint density at radius 1 is 1.03 bits per heavy atom. The molecule has 0 saturated carbocycles. The third kappa shape index (κ3) is 6.17. The lowest BCUT2D eigenvalue weighted by molar-refractivity contribution is -0.116. The molecule has 1 aliphatic heterocycles. The summed E-state index contributed by atoms with van der Waals surface area (Å²) in [7, 11) is -1.55. The maximum absolute atomic E-state index is 12.8. The second-order valence-corrected chi connectivity index (χ2v) is 11.1. The van der Waals surface area contributed by atoms with Gasteiger partial charge in [0.25, 0.3) is 0 Å². The highest BCUT2D eigenvalue weighted by Gasteiger charge is 2.27. The Balaban J connectivity index is 1.30. The van der Waals surface area contributed by atoms with Crippen LogP contribution in [0.2, 0.25) is 0 Å². The van der Waals surface area contributed by atoms with E-state index in [4.69, 9.17) is 4.42 Å². The van der Waals surface area contributed by atoms with Gasteiger partial charge in [0.05, 0.1) is 11.1 Å².